The number of halogens is 1. The van der Waals surface area contributed by atoms with Crippen molar-refractivity contribution < 1.29 is 18.7 Å². The van der Waals surface area contributed by atoms with E-state index in [4.69, 9.17) is 14.5 Å². The van der Waals surface area contributed by atoms with Crippen molar-refractivity contribution in [3.05, 3.63) is 48.0 Å². The predicted molar refractivity (Wildman–Crippen MR) is 152 cm³/mol. The highest BCUT2D eigenvalue weighted by molar-refractivity contribution is 6.14. The minimum Gasteiger partial charge on any atom is -0.461 e. The molecule has 0 spiro atoms. The van der Waals surface area contributed by atoms with E-state index in [1.54, 1.807) is 36.3 Å². The van der Waals surface area contributed by atoms with Crippen molar-refractivity contribution in [2.75, 3.05) is 36.5 Å². The number of ether oxygens (including phenoxy) is 2. The molecular weight excluding hydrogens is 513 g/mol. The van der Waals surface area contributed by atoms with Gasteiger partial charge >= 0.3 is 6.01 Å². The number of hydrogen-bond acceptors (Lipinski definition) is 8. The number of piperazine rings is 1. The molecule has 4 heterocycles. The smallest absolute Gasteiger partial charge is 0.317 e. The Morgan fingerprint density at radius 3 is 2.80 bits per heavy atom. The van der Waals surface area contributed by atoms with Crippen LogP contribution in [0, 0.1) is 5.82 Å². The number of amides is 1. The number of aromatic nitrogens is 4. The number of carbonyl (C=O) groups is 1. The van der Waals surface area contributed by atoms with Crippen LogP contribution in [0.1, 0.15) is 43.5 Å². The normalized spacial score (nSPS) is 21.6. The molecule has 0 unspecified atom stereocenters. The summed E-state index contributed by atoms with van der Waals surface area (Å²) in [5, 5.41) is 11.9. The van der Waals surface area contributed by atoms with Gasteiger partial charge in [0.25, 0.3) is 5.91 Å². The number of aryl methyl sites for hydroxylation is 1. The summed E-state index contributed by atoms with van der Waals surface area (Å²) in [6.45, 7) is 7.01. The summed E-state index contributed by atoms with van der Waals surface area (Å²) >= 11 is 0. The van der Waals surface area contributed by atoms with Crippen molar-refractivity contribution in [2.24, 2.45) is 7.05 Å². The van der Waals surface area contributed by atoms with Gasteiger partial charge in [0.1, 0.15) is 12.1 Å². The molecule has 11 heteroatoms. The molecule has 2 aliphatic rings. The topological polar surface area (TPSA) is 106 Å². The molecule has 2 aliphatic heterocycles. The lowest BCUT2D eigenvalue weighted by molar-refractivity contribution is -0.0128. The van der Waals surface area contributed by atoms with Crippen LogP contribution in [-0.2, 0) is 11.8 Å². The van der Waals surface area contributed by atoms with Gasteiger partial charge in [0.15, 0.2) is 5.82 Å². The van der Waals surface area contributed by atoms with Crippen LogP contribution < -0.4 is 20.3 Å². The van der Waals surface area contributed by atoms with Crippen LogP contribution >= 0.6 is 0 Å². The van der Waals surface area contributed by atoms with Gasteiger partial charge in [-0.2, -0.15) is 10.1 Å². The first kappa shape index (κ1) is 26.4. The van der Waals surface area contributed by atoms with E-state index in [1.165, 1.54) is 6.07 Å². The Bertz CT molecular complexity index is 1540. The Balaban J connectivity index is 1.34. The van der Waals surface area contributed by atoms with Gasteiger partial charge in [-0.15, -0.1) is 0 Å². The maximum Gasteiger partial charge on any atom is 0.317 e. The SMILES string of the molecule is C[C@H]1CN(c2ccc(C(=O)Nc3cc(F)c4nn(C)cc4c3)c3nc(OC[C@H]4CCCCO4)ncc23)C[C@H](C)N1. The minimum atomic E-state index is -0.501. The lowest BCUT2D eigenvalue weighted by atomic mass is 10.0. The zero-order valence-corrected chi connectivity index (χ0v) is 23.0. The fourth-order valence-corrected chi connectivity index (χ4v) is 5.73. The van der Waals surface area contributed by atoms with Crippen molar-refractivity contribution >= 4 is 39.1 Å². The number of hydrogen-bond donors (Lipinski definition) is 2. The van der Waals surface area contributed by atoms with Gasteiger partial charge in [-0.05, 0) is 57.4 Å². The van der Waals surface area contributed by atoms with E-state index in [2.05, 4.69) is 39.5 Å². The Kier molecular flexibility index (Phi) is 7.24. The van der Waals surface area contributed by atoms with E-state index in [1.807, 2.05) is 6.07 Å². The quantitative estimate of drug-likeness (QED) is 0.373. The standard InChI is InChI=1S/C29H34FN7O3/c1-17-13-37(14-18(2)32-17)25-8-7-22(28(38)33-20-10-19-15-36(3)35-26(19)24(30)11-20)27-23(25)12-31-29(34-27)40-16-21-6-4-5-9-39-21/h7-8,10-12,15,17-18,21,32H,4-6,9,13-14,16H2,1-3H3,(H,33,38)/t17-,18-,21+/m0/s1. The lowest BCUT2D eigenvalue weighted by Gasteiger charge is -2.38. The summed E-state index contributed by atoms with van der Waals surface area (Å²) in [6, 6.07) is 7.49. The zero-order valence-electron chi connectivity index (χ0n) is 23.0. The zero-order chi connectivity index (χ0) is 27.8. The van der Waals surface area contributed by atoms with Gasteiger partial charge in [-0.1, -0.05) is 0 Å². The number of fused-ring (bicyclic) bond motifs is 2. The second-order valence-corrected chi connectivity index (χ2v) is 10.9. The largest absolute Gasteiger partial charge is 0.461 e. The summed E-state index contributed by atoms with van der Waals surface area (Å²) < 4.78 is 27.9. The fraction of sp³-hybridized carbons (Fsp3) is 0.448. The molecular formula is C29H34FN7O3. The molecule has 3 atom stereocenters. The van der Waals surface area contributed by atoms with E-state index in [9.17, 15) is 9.18 Å². The number of benzene rings is 2. The highest BCUT2D eigenvalue weighted by Crippen LogP contribution is 2.31. The third kappa shape index (κ3) is 5.44. The van der Waals surface area contributed by atoms with Crippen LogP contribution in [0.25, 0.3) is 21.8 Å². The second kappa shape index (κ2) is 11.0. The highest BCUT2D eigenvalue weighted by Gasteiger charge is 2.25. The van der Waals surface area contributed by atoms with Crippen molar-refractivity contribution in [3.63, 3.8) is 0 Å². The van der Waals surface area contributed by atoms with E-state index in [0.29, 0.717) is 40.8 Å². The number of nitrogens with zero attached hydrogens (tertiary/aromatic N) is 5. The van der Waals surface area contributed by atoms with Gasteiger partial charge in [-0.25, -0.2) is 9.37 Å². The van der Waals surface area contributed by atoms with Crippen molar-refractivity contribution in [1.29, 1.82) is 0 Å². The number of nitrogens with one attached hydrogen (secondary N) is 2. The van der Waals surface area contributed by atoms with Crippen LogP contribution in [0.2, 0.25) is 0 Å². The first-order chi connectivity index (χ1) is 19.3. The first-order valence-corrected chi connectivity index (χ1v) is 13.8. The van der Waals surface area contributed by atoms with Crippen LogP contribution in [0.5, 0.6) is 6.01 Å². The van der Waals surface area contributed by atoms with Gasteiger partial charge in [0.2, 0.25) is 0 Å². The summed E-state index contributed by atoms with van der Waals surface area (Å²) in [7, 11) is 1.73. The average Bonchev–Trinajstić information content (AvgIpc) is 3.32. The predicted octanol–water partition coefficient (Wildman–Crippen LogP) is 4.04. The van der Waals surface area contributed by atoms with E-state index in [-0.39, 0.29) is 17.6 Å². The molecule has 2 fully saturated rings. The first-order valence-electron chi connectivity index (χ1n) is 13.8. The molecule has 4 aromatic rings. The molecule has 10 nitrogen and oxygen atoms in total. The summed E-state index contributed by atoms with van der Waals surface area (Å²) in [5.41, 5.74) is 2.38. The monoisotopic (exact) mass is 547 g/mol. The van der Waals surface area contributed by atoms with Crippen LogP contribution in [0.3, 0.4) is 0 Å². The molecule has 0 aliphatic carbocycles. The molecule has 1 amide bonds. The highest BCUT2D eigenvalue weighted by atomic mass is 19.1. The molecule has 210 valence electrons. The molecule has 2 saturated heterocycles. The Morgan fingerprint density at radius 1 is 1.20 bits per heavy atom. The van der Waals surface area contributed by atoms with E-state index < -0.39 is 11.7 Å². The van der Waals surface area contributed by atoms with Gasteiger partial charge in [0, 0.05) is 73.4 Å². The van der Waals surface area contributed by atoms with Crippen molar-refractivity contribution in [3.8, 4) is 6.01 Å². The Hall–Kier alpha value is -3.83. The number of rotatable bonds is 6. The van der Waals surface area contributed by atoms with Crippen LogP contribution in [0.15, 0.2) is 36.7 Å². The average molecular weight is 548 g/mol. The minimum absolute atomic E-state index is 0.00302. The number of carbonyl (C=O) groups excluding carboxylic acids is 1. The van der Waals surface area contributed by atoms with Gasteiger partial charge in [-0.3, -0.25) is 9.48 Å². The van der Waals surface area contributed by atoms with Crippen LogP contribution in [-0.4, -0.2) is 70.1 Å². The molecule has 2 N–H and O–H groups in total. The van der Waals surface area contributed by atoms with Crippen molar-refractivity contribution in [2.45, 2.75) is 51.3 Å². The second-order valence-electron chi connectivity index (χ2n) is 10.9. The third-order valence-electron chi connectivity index (χ3n) is 7.46. The maximum atomic E-state index is 14.7. The summed E-state index contributed by atoms with van der Waals surface area (Å²) in [6.07, 6.45) is 6.54. The molecule has 0 saturated carbocycles. The summed E-state index contributed by atoms with van der Waals surface area (Å²) in [4.78, 5) is 25.1. The Labute approximate surface area is 231 Å². The van der Waals surface area contributed by atoms with Gasteiger partial charge < -0.3 is 25.0 Å². The fourth-order valence-electron chi connectivity index (χ4n) is 5.73. The van der Waals surface area contributed by atoms with E-state index in [0.717, 1.165) is 50.0 Å². The lowest BCUT2D eigenvalue weighted by Crippen LogP contribution is -2.54. The molecule has 40 heavy (non-hydrogen) atoms. The molecule has 2 aromatic carbocycles. The maximum absolute atomic E-state index is 14.7. The van der Waals surface area contributed by atoms with Crippen molar-refractivity contribution in [1.82, 2.24) is 25.1 Å². The third-order valence-corrected chi connectivity index (χ3v) is 7.46. The van der Waals surface area contributed by atoms with E-state index >= 15 is 0 Å². The molecule has 2 aromatic heterocycles. The molecule has 0 radical (unpaired) electrons. The Morgan fingerprint density at radius 2 is 2.02 bits per heavy atom. The van der Waals surface area contributed by atoms with Crippen LogP contribution in [0.4, 0.5) is 15.8 Å². The molecule has 0 bridgehead atoms. The summed E-state index contributed by atoms with van der Waals surface area (Å²) in [5.74, 6) is -0.903. The van der Waals surface area contributed by atoms with Gasteiger partial charge in [0.05, 0.1) is 17.2 Å². The number of anilines is 2. The molecule has 6 rings (SSSR count).